The molecular formula is C34H33N5O4. The standard InChI is InChI=1S/C34H33N5O4/c40-26-12-10-23(11-13-26)18-29-31(41)37(20-25-14-17-35-28-9-5-4-8-27(25)28)21-30-38(22-34(15-16-34)32(42)39(29)30)33(43)36-19-24-6-2-1-3-7-24/h1-14,17,29-30,40H,15-16,18-22H2,(H,36,43). The van der Waals surface area contributed by atoms with Gasteiger partial charge < -0.3 is 25.1 Å². The molecule has 9 heteroatoms. The molecule has 7 rings (SSSR count). The smallest absolute Gasteiger partial charge is 0.319 e. The molecule has 0 bridgehead atoms. The zero-order valence-corrected chi connectivity index (χ0v) is 23.7. The van der Waals surface area contributed by atoms with Crippen LogP contribution in [-0.2, 0) is 29.1 Å². The maximum absolute atomic E-state index is 14.3. The SMILES string of the molecule is O=C1C(Cc2ccc(O)cc2)N2C(=O)C3(CC3)CN(C(=O)NCc3ccccc3)C2CN1Cc1ccnc2ccccc12. The van der Waals surface area contributed by atoms with Gasteiger partial charge in [-0.3, -0.25) is 14.6 Å². The molecule has 3 fully saturated rings. The van der Waals surface area contributed by atoms with Gasteiger partial charge in [0.1, 0.15) is 18.0 Å². The molecule has 2 saturated heterocycles. The maximum atomic E-state index is 14.3. The van der Waals surface area contributed by atoms with Crippen LogP contribution in [0.15, 0.2) is 91.1 Å². The highest BCUT2D eigenvalue weighted by molar-refractivity contribution is 5.95. The summed E-state index contributed by atoms with van der Waals surface area (Å²) in [6.07, 6.45) is 2.82. The normalized spacial score (nSPS) is 20.8. The van der Waals surface area contributed by atoms with Gasteiger partial charge in [0.15, 0.2) is 0 Å². The number of nitrogens with zero attached hydrogens (tertiary/aromatic N) is 4. The van der Waals surface area contributed by atoms with E-state index in [2.05, 4.69) is 10.3 Å². The molecule has 9 nitrogen and oxygen atoms in total. The molecule has 0 radical (unpaired) electrons. The number of nitrogens with one attached hydrogen (secondary N) is 1. The highest BCUT2D eigenvalue weighted by Gasteiger charge is 2.62. The Kier molecular flexibility index (Phi) is 6.72. The summed E-state index contributed by atoms with van der Waals surface area (Å²) in [5.74, 6) is -0.0632. The largest absolute Gasteiger partial charge is 0.508 e. The van der Waals surface area contributed by atoms with Gasteiger partial charge in [0, 0.05) is 37.6 Å². The minimum absolute atomic E-state index is 0.0456. The van der Waals surface area contributed by atoms with Crippen LogP contribution < -0.4 is 5.32 Å². The number of amides is 4. The first kappa shape index (κ1) is 26.9. The molecule has 1 spiro atoms. The monoisotopic (exact) mass is 575 g/mol. The van der Waals surface area contributed by atoms with Crippen molar-refractivity contribution in [2.45, 2.75) is 44.6 Å². The van der Waals surface area contributed by atoms with Gasteiger partial charge in [-0.15, -0.1) is 0 Å². The molecule has 218 valence electrons. The number of hydrogen-bond donors (Lipinski definition) is 2. The Balaban J connectivity index is 1.24. The number of carbonyl (C=O) groups is 3. The lowest BCUT2D eigenvalue weighted by Gasteiger charge is -2.54. The van der Waals surface area contributed by atoms with Crippen molar-refractivity contribution in [1.82, 2.24) is 25.0 Å². The number of carbonyl (C=O) groups excluding carboxylic acids is 3. The van der Waals surface area contributed by atoms with Crippen LogP contribution in [0.3, 0.4) is 0 Å². The number of phenols is 1. The number of rotatable bonds is 6. The zero-order chi connectivity index (χ0) is 29.6. The predicted molar refractivity (Wildman–Crippen MR) is 160 cm³/mol. The third-order valence-electron chi connectivity index (χ3n) is 9.03. The van der Waals surface area contributed by atoms with Crippen molar-refractivity contribution in [3.05, 3.63) is 108 Å². The number of hydrogen-bond acceptors (Lipinski definition) is 5. The maximum Gasteiger partial charge on any atom is 0.319 e. The first-order chi connectivity index (χ1) is 20.9. The van der Waals surface area contributed by atoms with Gasteiger partial charge in [-0.2, -0.15) is 0 Å². The molecular weight excluding hydrogens is 542 g/mol. The molecule has 43 heavy (non-hydrogen) atoms. The average molecular weight is 576 g/mol. The second-order valence-corrected chi connectivity index (χ2v) is 11.8. The van der Waals surface area contributed by atoms with Gasteiger partial charge in [-0.1, -0.05) is 60.7 Å². The fraction of sp³-hybridized carbons (Fsp3) is 0.294. The summed E-state index contributed by atoms with van der Waals surface area (Å²) >= 11 is 0. The van der Waals surface area contributed by atoms with Crippen LogP contribution in [-0.4, -0.2) is 67.9 Å². The molecule has 3 heterocycles. The topological polar surface area (TPSA) is 106 Å². The molecule has 4 aromatic rings. The summed E-state index contributed by atoms with van der Waals surface area (Å²) in [5, 5.41) is 13.9. The summed E-state index contributed by atoms with van der Waals surface area (Å²) in [5.41, 5.74) is 2.97. The quantitative estimate of drug-likeness (QED) is 0.361. The molecule has 2 unspecified atom stereocenters. The third kappa shape index (κ3) is 5.05. The van der Waals surface area contributed by atoms with E-state index in [0.29, 0.717) is 32.5 Å². The molecule has 3 aromatic carbocycles. The van der Waals surface area contributed by atoms with Crippen LogP contribution >= 0.6 is 0 Å². The van der Waals surface area contributed by atoms with E-state index in [1.54, 1.807) is 45.2 Å². The Morgan fingerprint density at radius 3 is 2.44 bits per heavy atom. The van der Waals surface area contributed by atoms with E-state index >= 15 is 0 Å². The second kappa shape index (κ2) is 10.7. The predicted octanol–water partition coefficient (Wildman–Crippen LogP) is 4.05. The molecule has 4 amide bonds. The fourth-order valence-corrected chi connectivity index (χ4v) is 6.50. The summed E-state index contributed by atoms with van der Waals surface area (Å²) < 4.78 is 0. The summed E-state index contributed by atoms with van der Waals surface area (Å²) in [6, 6.07) is 25.2. The van der Waals surface area contributed by atoms with Crippen LogP contribution in [0.5, 0.6) is 5.75 Å². The Bertz CT molecular complexity index is 1680. The van der Waals surface area contributed by atoms with E-state index < -0.39 is 17.6 Å². The first-order valence-corrected chi connectivity index (χ1v) is 14.7. The number of benzene rings is 3. The summed E-state index contributed by atoms with van der Waals surface area (Å²) in [7, 11) is 0. The van der Waals surface area contributed by atoms with Gasteiger partial charge >= 0.3 is 6.03 Å². The number of aromatic hydroxyl groups is 1. The summed E-state index contributed by atoms with van der Waals surface area (Å²) in [6.45, 7) is 1.24. The van der Waals surface area contributed by atoms with Crippen molar-refractivity contribution in [2.24, 2.45) is 5.41 Å². The second-order valence-electron chi connectivity index (χ2n) is 11.8. The van der Waals surface area contributed by atoms with E-state index in [9.17, 15) is 19.5 Å². The van der Waals surface area contributed by atoms with Crippen molar-refractivity contribution in [3.63, 3.8) is 0 Å². The van der Waals surface area contributed by atoms with Crippen LogP contribution in [0, 0.1) is 5.41 Å². The van der Waals surface area contributed by atoms with Gasteiger partial charge in [0.25, 0.3) is 0 Å². The number of phenolic OH excluding ortho intramolecular Hbond substituents is 1. The Morgan fingerprint density at radius 2 is 1.67 bits per heavy atom. The Labute approximate surface area is 249 Å². The van der Waals surface area contributed by atoms with Gasteiger partial charge in [0.05, 0.1) is 17.5 Å². The van der Waals surface area contributed by atoms with Crippen LogP contribution in [0.25, 0.3) is 10.9 Å². The highest BCUT2D eigenvalue weighted by atomic mass is 16.3. The Hall–Kier alpha value is -4.92. The molecule has 2 aliphatic heterocycles. The van der Waals surface area contributed by atoms with Crippen molar-refractivity contribution >= 4 is 28.7 Å². The van der Waals surface area contributed by atoms with Crippen molar-refractivity contribution in [1.29, 1.82) is 0 Å². The molecule has 1 saturated carbocycles. The molecule has 1 aromatic heterocycles. The van der Waals surface area contributed by atoms with E-state index in [-0.39, 0.29) is 36.6 Å². The minimum atomic E-state index is -0.786. The van der Waals surface area contributed by atoms with Crippen molar-refractivity contribution in [3.8, 4) is 5.75 Å². The molecule has 1 aliphatic carbocycles. The zero-order valence-electron chi connectivity index (χ0n) is 23.7. The first-order valence-electron chi connectivity index (χ1n) is 14.7. The number of piperazine rings is 1. The number of para-hydroxylation sites is 1. The van der Waals surface area contributed by atoms with E-state index in [4.69, 9.17) is 0 Å². The van der Waals surface area contributed by atoms with E-state index in [0.717, 1.165) is 27.6 Å². The number of pyridine rings is 1. The van der Waals surface area contributed by atoms with Crippen molar-refractivity contribution < 1.29 is 19.5 Å². The minimum Gasteiger partial charge on any atom is -0.508 e. The third-order valence-corrected chi connectivity index (χ3v) is 9.03. The van der Waals surface area contributed by atoms with Gasteiger partial charge in [-0.05, 0) is 53.8 Å². The Morgan fingerprint density at radius 1 is 0.930 bits per heavy atom. The van der Waals surface area contributed by atoms with Crippen molar-refractivity contribution in [2.75, 3.05) is 13.1 Å². The summed E-state index contributed by atoms with van der Waals surface area (Å²) in [4.78, 5) is 51.9. The lowest BCUT2D eigenvalue weighted by atomic mass is 9.92. The molecule has 2 N–H and O–H groups in total. The van der Waals surface area contributed by atoms with E-state index in [1.165, 1.54) is 0 Å². The van der Waals surface area contributed by atoms with Gasteiger partial charge in [0.2, 0.25) is 11.8 Å². The average Bonchev–Trinajstić information content (AvgIpc) is 3.82. The van der Waals surface area contributed by atoms with Gasteiger partial charge in [-0.25, -0.2) is 4.79 Å². The molecule has 2 atom stereocenters. The number of urea groups is 1. The lowest BCUT2D eigenvalue weighted by Crippen LogP contribution is -2.74. The number of aromatic nitrogens is 1. The highest BCUT2D eigenvalue weighted by Crippen LogP contribution is 2.52. The lowest BCUT2D eigenvalue weighted by molar-refractivity contribution is -0.173. The van der Waals surface area contributed by atoms with Crippen LogP contribution in [0.2, 0.25) is 0 Å². The van der Waals surface area contributed by atoms with Crippen LogP contribution in [0.1, 0.15) is 29.5 Å². The number of fused-ring (bicyclic) bond motifs is 2. The fourth-order valence-electron chi connectivity index (χ4n) is 6.50. The van der Waals surface area contributed by atoms with E-state index in [1.807, 2.05) is 60.7 Å². The molecule has 3 aliphatic rings. The van der Waals surface area contributed by atoms with Crippen LogP contribution in [0.4, 0.5) is 4.79 Å².